The van der Waals surface area contributed by atoms with Crippen molar-refractivity contribution < 1.29 is 4.79 Å². The normalized spacial score (nSPS) is 28.6. The summed E-state index contributed by atoms with van der Waals surface area (Å²) in [4.78, 5) is 10.2. The Morgan fingerprint density at radius 3 is 2.71 bits per heavy atom. The van der Waals surface area contributed by atoms with E-state index in [1.165, 1.54) is 21.6 Å². The average molecular weight is 113 g/mol. The molecule has 1 amide bonds. The van der Waals surface area contributed by atoms with Crippen LogP contribution >= 0.6 is 0 Å². The number of carbonyl (C=O) groups is 1. The Kier molecular flexibility index (Phi) is 1.36. The molecular weight excluding hydrogens is 105 g/mol. The van der Waals surface area contributed by atoms with E-state index >= 15 is 0 Å². The molecule has 1 fully saturated rings. The molecule has 1 aliphatic rings. The summed E-state index contributed by atoms with van der Waals surface area (Å²) in [6.07, 6.45) is 0.781. The van der Waals surface area contributed by atoms with Gasteiger partial charge in [0.2, 0.25) is 22.2 Å². The van der Waals surface area contributed by atoms with Crippen molar-refractivity contribution in [1.82, 2.24) is 5.32 Å². The van der Waals surface area contributed by atoms with Gasteiger partial charge in [-0.1, -0.05) is 5.28 Å². The molecule has 1 atom stereocenters. The highest BCUT2D eigenvalue weighted by atomic mass is 27.0. The average Bonchev–Trinajstić information content (AvgIpc) is 1.58. The van der Waals surface area contributed by atoms with Crippen molar-refractivity contribution in [2.75, 3.05) is 0 Å². The molecule has 0 aromatic carbocycles. The number of amides is 1. The van der Waals surface area contributed by atoms with Crippen LogP contribution < -0.4 is 5.32 Å². The van der Waals surface area contributed by atoms with Crippen molar-refractivity contribution in [3.8, 4) is 0 Å². The van der Waals surface area contributed by atoms with Crippen molar-refractivity contribution in [3.05, 3.63) is 0 Å². The summed E-state index contributed by atoms with van der Waals surface area (Å²) in [7, 11) is 0. The van der Waals surface area contributed by atoms with Crippen LogP contribution in [-0.2, 0) is 4.79 Å². The largest absolute Gasteiger partial charge is 0.354 e. The zero-order valence-corrected chi connectivity index (χ0v) is 6.40. The molecule has 3 heteroatoms. The van der Waals surface area contributed by atoms with E-state index < -0.39 is 0 Å². The van der Waals surface area contributed by atoms with Crippen molar-refractivity contribution in [2.45, 2.75) is 17.7 Å². The third-order valence-corrected chi connectivity index (χ3v) is 2.28. The van der Waals surface area contributed by atoms with E-state index in [9.17, 15) is 4.79 Å². The standard InChI is InChI=1S/C4H6NO.Al.2H/c1-3-2-4(6)5-3;;;/h3H,1-2H2,(H,5,6);;;. The third-order valence-electron chi connectivity index (χ3n) is 1.29. The molecule has 1 heterocycles. The molecule has 0 aromatic heterocycles. The molecule has 1 N–H and O–H groups in total. The number of nitrogens with one attached hydrogen (secondary N) is 1. The fourth-order valence-electron chi connectivity index (χ4n) is 0.677. The lowest BCUT2D eigenvalue weighted by Crippen LogP contribution is -2.47. The van der Waals surface area contributed by atoms with Crippen LogP contribution in [0.15, 0.2) is 0 Å². The first-order valence-corrected chi connectivity index (χ1v) is 4.03. The maximum absolute atomic E-state index is 10.2. The Morgan fingerprint density at radius 1 is 2.00 bits per heavy atom. The van der Waals surface area contributed by atoms with Crippen LogP contribution in [-0.4, -0.2) is 28.2 Å². The van der Waals surface area contributed by atoms with Gasteiger partial charge in [-0.2, -0.15) is 0 Å². The van der Waals surface area contributed by atoms with Crippen molar-refractivity contribution >= 4 is 22.2 Å². The highest BCUT2D eigenvalue weighted by Gasteiger charge is 2.21. The first kappa shape index (κ1) is 5.15. The lowest BCUT2D eigenvalue weighted by atomic mass is 10.1. The van der Waals surface area contributed by atoms with Gasteiger partial charge in [0, 0.05) is 12.5 Å². The van der Waals surface area contributed by atoms with Gasteiger partial charge in [-0.25, -0.2) is 0 Å². The van der Waals surface area contributed by atoms with Gasteiger partial charge in [0.05, 0.1) is 0 Å². The Hall–Kier alpha value is 0.00247. The molecule has 0 bridgehead atoms. The van der Waals surface area contributed by atoms with Gasteiger partial charge in [-0.05, 0) is 0 Å². The molecule has 0 spiro atoms. The zero-order valence-electron chi connectivity index (χ0n) is 4.40. The zero-order chi connectivity index (χ0) is 5.28. The fourth-order valence-corrected chi connectivity index (χ4v) is 1.17. The lowest BCUT2D eigenvalue weighted by Gasteiger charge is -2.25. The fraction of sp³-hybridized carbons (Fsp3) is 0.750. The first-order chi connectivity index (χ1) is 3.33. The molecular formula is C4H8AlNO. The molecule has 1 unspecified atom stereocenters. The second kappa shape index (κ2) is 1.85. The van der Waals surface area contributed by atoms with Gasteiger partial charge in [0.15, 0.2) is 0 Å². The summed E-state index contributed by atoms with van der Waals surface area (Å²) in [6.45, 7) is 0. The second-order valence-corrected chi connectivity index (χ2v) is 2.69. The monoisotopic (exact) mass is 113 g/mol. The summed E-state index contributed by atoms with van der Waals surface area (Å²) in [5.74, 6) is 0.223. The summed E-state index contributed by atoms with van der Waals surface area (Å²) >= 11 is 1.21. The number of hydrogen-bond donors (Lipinski definition) is 1. The van der Waals surface area contributed by atoms with Gasteiger partial charge in [-0.15, -0.1) is 0 Å². The highest BCUT2D eigenvalue weighted by Crippen LogP contribution is 2.05. The van der Waals surface area contributed by atoms with Crippen LogP contribution in [0, 0.1) is 0 Å². The van der Waals surface area contributed by atoms with Crippen LogP contribution in [0.1, 0.15) is 6.42 Å². The van der Waals surface area contributed by atoms with Crippen LogP contribution in [0.5, 0.6) is 0 Å². The minimum absolute atomic E-state index is 0.223. The van der Waals surface area contributed by atoms with Gasteiger partial charge in [-0.3, -0.25) is 4.79 Å². The Morgan fingerprint density at radius 2 is 2.57 bits per heavy atom. The van der Waals surface area contributed by atoms with E-state index in [1.54, 1.807) is 0 Å². The molecule has 0 aromatic rings. The quantitative estimate of drug-likeness (QED) is 0.340. The summed E-state index contributed by atoms with van der Waals surface area (Å²) in [5.41, 5.74) is 0. The van der Waals surface area contributed by atoms with Gasteiger partial charge < -0.3 is 5.32 Å². The van der Waals surface area contributed by atoms with Gasteiger partial charge in [0.1, 0.15) is 0 Å². The van der Waals surface area contributed by atoms with Crippen molar-refractivity contribution in [3.63, 3.8) is 0 Å². The molecule has 7 heavy (non-hydrogen) atoms. The van der Waals surface area contributed by atoms with Crippen LogP contribution in [0.3, 0.4) is 0 Å². The van der Waals surface area contributed by atoms with E-state index in [2.05, 4.69) is 5.32 Å². The Bertz CT molecular complexity index is 85.7. The van der Waals surface area contributed by atoms with Crippen molar-refractivity contribution in [2.24, 2.45) is 0 Å². The Labute approximate surface area is 50.7 Å². The maximum Gasteiger partial charge on any atom is 0.222 e. The van der Waals surface area contributed by atoms with Crippen LogP contribution in [0.4, 0.5) is 0 Å². The van der Waals surface area contributed by atoms with E-state index in [0.29, 0.717) is 6.04 Å². The van der Waals surface area contributed by atoms with Crippen LogP contribution in [0.2, 0.25) is 5.28 Å². The minimum atomic E-state index is 0.223. The summed E-state index contributed by atoms with van der Waals surface area (Å²) in [5, 5.41) is 4.00. The van der Waals surface area contributed by atoms with E-state index in [-0.39, 0.29) is 5.91 Å². The molecule has 0 radical (unpaired) electrons. The maximum atomic E-state index is 10.2. The number of hydrogen-bond acceptors (Lipinski definition) is 1. The molecule has 1 saturated heterocycles. The lowest BCUT2D eigenvalue weighted by molar-refractivity contribution is -0.127. The molecule has 38 valence electrons. The van der Waals surface area contributed by atoms with Crippen LogP contribution in [0.25, 0.3) is 0 Å². The molecule has 1 rings (SSSR count). The molecule has 0 saturated carbocycles. The summed E-state index contributed by atoms with van der Waals surface area (Å²) in [6, 6.07) is 0.555. The molecule has 0 aliphatic carbocycles. The molecule has 2 nitrogen and oxygen atoms in total. The smallest absolute Gasteiger partial charge is 0.222 e. The first-order valence-electron chi connectivity index (χ1n) is 2.62. The predicted molar refractivity (Wildman–Crippen MR) is 29.9 cm³/mol. The highest BCUT2D eigenvalue weighted by molar-refractivity contribution is 6.09. The van der Waals surface area contributed by atoms with E-state index in [4.69, 9.17) is 0 Å². The molecule has 1 aliphatic heterocycles. The summed E-state index contributed by atoms with van der Waals surface area (Å²) < 4.78 is 0. The number of carbonyl (C=O) groups excluding carboxylic acids is 1. The third kappa shape index (κ3) is 0.961. The number of β-lactam (4-membered cyclic amide) rings is 1. The Balaban J connectivity index is 2.17. The predicted octanol–water partition coefficient (Wildman–Crippen LogP) is -1.07. The number of rotatable bonds is 1. The van der Waals surface area contributed by atoms with Gasteiger partial charge in [0.25, 0.3) is 0 Å². The minimum Gasteiger partial charge on any atom is -0.354 e. The topological polar surface area (TPSA) is 29.1 Å². The van der Waals surface area contributed by atoms with Crippen molar-refractivity contribution in [1.29, 1.82) is 0 Å². The van der Waals surface area contributed by atoms with Gasteiger partial charge >= 0.3 is 0 Å². The van der Waals surface area contributed by atoms with E-state index in [1.807, 2.05) is 0 Å². The SMILES string of the molecule is O=C1CC([CH2][AlH2])N1. The van der Waals surface area contributed by atoms with E-state index in [0.717, 1.165) is 6.42 Å². The second-order valence-electron chi connectivity index (χ2n) is 1.88.